The highest BCUT2D eigenvalue weighted by Gasteiger charge is 2.17. The topological polar surface area (TPSA) is 78.4 Å². The van der Waals surface area contributed by atoms with Crippen LogP contribution in [-0.2, 0) is 4.79 Å². The lowest BCUT2D eigenvalue weighted by atomic mass is 10.0. The van der Waals surface area contributed by atoms with E-state index in [1.165, 1.54) is 0 Å². The number of amides is 2. The molecule has 0 aromatic heterocycles. The summed E-state index contributed by atoms with van der Waals surface area (Å²) in [5.41, 5.74) is 0.983. The number of hydrogen-bond acceptors (Lipinski definition) is 2. The number of benzene rings is 1. The van der Waals surface area contributed by atoms with Gasteiger partial charge in [0, 0.05) is 11.0 Å². The highest BCUT2D eigenvalue weighted by molar-refractivity contribution is 9.10. The number of carboxylic acids is 1. The minimum atomic E-state index is -0.877. The molecule has 0 aliphatic heterocycles. The number of halogens is 1. The lowest BCUT2D eigenvalue weighted by Gasteiger charge is -2.17. The van der Waals surface area contributed by atoms with E-state index in [1.54, 1.807) is 0 Å². The van der Waals surface area contributed by atoms with Gasteiger partial charge in [-0.3, -0.25) is 4.79 Å². The zero-order chi connectivity index (χ0) is 15.8. The van der Waals surface area contributed by atoms with Crippen LogP contribution >= 0.6 is 15.9 Å². The van der Waals surface area contributed by atoms with Gasteiger partial charge < -0.3 is 15.7 Å². The zero-order valence-electron chi connectivity index (χ0n) is 12.2. The Bertz CT molecular complexity index is 476. The maximum Gasteiger partial charge on any atom is 0.315 e. The third-order valence-corrected chi connectivity index (χ3v) is 3.74. The molecule has 1 aromatic carbocycles. The quantitative estimate of drug-likeness (QED) is 0.701. The number of carbonyl (C=O) groups is 2. The third-order valence-electron chi connectivity index (χ3n) is 3.21. The SMILES string of the molecule is CCCC(CNC(=O)NC(C)c1ccc(Br)cc1)C(=O)O. The predicted octanol–water partition coefficient (Wildman–Crippen LogP) is 3.31. The molecule has 5 nitrogen and oxygen atoms in total. The van der Waals surface area contributed by atoms with Crippen molar-refractivity contribution in [2.75, 3.05) is 6.54 Å². The molecule has 21 heavy (non-hydrogen) atoms. The van der Waals surface area contributed by atoms with Crippen molar-refractivity contribution < 1.29 is 14.7 Å². The van der Waals surface area contributed by atoms with Gasteiger partial charge in [0.15, 0.2) is 0 Å². The first-order chi connectivity index (χ1) is 9.93. The molecule has 0 bridgehead atoms. The summed E-state index contributed by atoms with van der Waals surface area (Å²) in [6, 6.07) is 7.17. The molecule has 0 fully saturated rings. The van der Waals surface area contributed by atoms with Gasteiger partial charge in [-0.25, -0.2) is 4.79 Å². The van der Waals surface area contributed by atoms with Gasteiger partial charge in [-0.15, -0.1) is 0 Å². The first-order valence-corrected chi connectivity index (χ1v) is 7.76. The summed E-state index contributed by atoms with van der Waals surface area (Å²) < 4.78 is 0.978. The molecule has 0 aliphatic rings. The Labute approximate surface area is 133 Å². The maximum absolute atomic E-state index is 11.8. The smallest absolute Gasteiger partial charge is 0.315 e. The summed E-state index contributed by atoms with van der Waals surface area (Å²) in [6.07, 6.45) is 1.33. The van der Waals surface area contributed by atoms with E-state index in [2.05, 4.69) is 26.6 Å². The molecule has 0 radical (unpaired) electrons. The fourth-order valence-electron chi connectivity index (χ4n) is 1.96. The molecule has 1 rings (SSSR count). The normalized spacial score (nSPS) is 13.3. The predicted molar refractivity (Wildman–Crippen MR) is 85.1 cm³/mol. The zero-order valence-corrected chi connectivity index (χ0v) is 13.8. The minimum absolute atomic E-state index is 0.141. The molecule has 116 valence electrons. The Hall–Kier alpha value is -1.56. The van der Waals surface area contributed by atoms with E-state index >= 15 is 0 Å². The van der Waals surface area contributed by atoms with Crippen LogP contribution in [0.1, 0.15) is 38.3 Å². The molecule has 6 heteroatoms. The van der Waals surface area contributed by atoms with E-state index < -0.39 is 11.9 Å². The summed E-state index contributed by atoms with van der Waals surface area (Å²) in [7, 11) is 0. The van der Waals surface area contributed by atoms with Crippen molar-refractivity contribution in [2.45, 2.75) is 32.7 Å². The summed E-state index contributed by atoms with van der Waals surface area (Å²) in [6.45, 7) is 3.94. The monoisotopic (exact) mass is 356 g/mol. The molecule has 0 aliphatic carbocycles. The average molecular weight is 357 g/mol. The van der Waals surface area contributed by atoms with Gasteiger partial charge in [-0.1, -0.05) is 41.4 Å². The maximum atomic E-state index is 11.8. The van der Waals surface area contributed by atoms with Gasteiger partial charge in [-0.2, -0.15) is 0 Å². The number of rotatable bonds is 7. The van der Waals surface area contributed by atoms with Crippen molar-refractivity contribution >= 4 is 27.9 Å². The fourth-order valence-corrected chi connectivity index (χ4v) is 2.22. The number of hydrogen-bond donors (Lipinski definition) is 3. The lowest BCUT2D eigenvalue weighted by molar-refractivity contribution is -0.141. The van der Waals surface area contributed by atoms with E-state index in [-0.39, 0.29) is 18.6 Å². The molecular formula is C15H21BrN2O3. The first kappa shape index (κ1) is 17.5. The largest absolute Gasteiger partial charge is 0.481 e. The second kappa shape index (κ2) is 8.67. The van der Waals surface area contributed by atoms with E-state index in [1.807, 2.05) is 38.1 Å². The van der Waals surface area contributed by atoms with Crippen LogP contribution in [0.2, 0.25) is 0 Å². The van der Waals surface area contributed by atoms with Gasteiger partial charge in [0.05, 0.1) is 12.0 Å². The van der Waals surface area contributed by atoms with Crippen molar-refractivity contribution in [1.29, 1.82) is 0 Å². The second-order valence-corrected chi connectivity index (χ2v) is 5.87. The van der Waals surface area contributed by atoms with Gasteiger partial charge in [0.25, 0.3) is 0 Å². The van der Waals surface area contributed by atoms with Crippen LogP contribution in [0.4, 0.5) is 4.79 Å². The molecule has 3 N–H and O–H groups in total. The van der Waals surface area contributed by atoms with E-state index in [4.69, 9.17) is 5.11 Å². The van der Waals surface area contributed by atoms with Gasteiger partial charge in [0.1, 0.15) is 0 Å². The van der Waals surface area contributed by atoms with Crippen LogP contribution in [0, 0.1) is 5.92 Å². The Kier molecular flexibility index (Phi) is 7.22. The van der Waals surface area contributed by atoms with Crippen molar-refractivity contribution in [1.82, 2.24) is 10.6 Å². The van der Waals surface area contributed by atoms with Crippen LogP contribution in [0.15, 0.2) is 28.7 Å². The Morgan fingerprint density at radius 1 is 1.29 bits per heavy atom. The summed E-state index contributed by atoms with van der Waals surface area (Å²) in [5, 5.41) is 14.4. The molecule has 2 amide bonds. The van der Waals surface area contributed by atoms with Crippen LogP contribution < -0.4 is 10.6 Å². The standard InChI is InChI=1S/C15H21BrN2O3/c1-3-4-12(14(19)20)9-17-15(21)18-10(2)11-5-7-13(16)8-6-11/h5-8,10,12H,3-4,9H2,1-2H3,(H,19,20)(H2,17,18,21). The van der Waals surface area contributed by atoms with Crippen molar-refractivity contribution in [3.63, 3.8) is 0 Å². The number of urea groups is 1. The molecule has 0 spiro atoms. The minimum Gasteiger partial charge on any atom is -0.481 e. The van der Waals surface area contributed by atoms with E-state index in [0.717, 1.165) is 16.5 Å². The molecule has 0 heterocycles. The summed E-state index contributed by atoms with van der Waals surface area (Å²) in [4.78, 5) is 22.8. The molecule has 2 atom stereocenters. The number of carboxylic acid groups (broad SMARTS) is 1. The summed E-state index contributed by atoms with van der Waals surface area (Å²) in [5.74, 6) is -1.41. The molecule has 0 saturated heterocycles. The van der Waals surface area contributed by atoms with E-state index in [0.29, 0.717) is 6.42 Å². The number of carbonyl (C=O) groups excluding carboxylic acids is 1. The Balaban J connectivity index is 2.45. The van der Waals surface area contributed by atoms with Gasteiger partial charge >= 0.3 is 12.0 Å². The molecular weight excluding hydrogens is 336 g/mol. The van der Waals surface area contributed by atoms with Gasteiger partial charge in [0.2, 0.25) is 0 Å². The third kappa shape index (κ3) is 6.16. The molecule has 1 aromatic rings. The van der Waals surface area contributed by atoms with Crippen LogP contribution in [0.3, 0.4) is 0 Å². The average Bonchev–Trinajstić information content (AvgIpc) is 2.43. The Morgan fingerprint density at radius 3 is 2.43 bits per heavy atom. The van der Waals surface area contributed by atoms with Crippen molar-refractivity contribution in [3.8, 4) is 0 Å². The van der Waals surface area contributed by atoms with Crippen LogP contribution in [0.5, 0.6) is 0 Å². The summed E-state index contributed by atoms with van der Waals surface area (Å²) >= 11 is 3.36. The van der Waals surface area contributed by atoms with E-state index in [9.17, 15) is 9.59 Å². The Morgan fingerprint density at radius 2 is 1.90 bits per heavy atom. The first-order valence-electron chi connectivity index (χ1n) is 6.96. The van der Waals surface area contributed by atoms with Crippen LogP contribution in [0.25, 0.3) is 0 Å². The molecule has 0 saturated carbocycles. The lowest BCUT2D eigenvalue weighted by Crippen LogP contribution is -2.40. The molecule has 2 unspecified atom stereocenters. The van der Waals surface area contributed by atoms with Crippen LogP contribution in [-0.4, -0.2) is 23.7 Å². The van der Waals surface area contributed by atoms with Gasteiger partial charge in [-0.05, 0) is 31.0 Å². The highest BCUT2D eigenvalue weighted by Crippen LogP contribution is 2.16. The fraction of sp³-hybridized carbons (Fsp3) is 0.467. The second-order valence-electron chi connectivity index (χ2n) is 4.95. The number of aliphatic carboxylic acids is 1. The van der Waals surface area contributed by atoms with Crippen molar-refractivity contribution in [2.24, 2.45) is 5.92 Å². The van der Waals surface area contributed by atoms with Crippen molar-refractivity contribution in [3.05, 3.63) is 34.3 Å². The highest BCUT2D eigenvalue weighted by atomic mass is 79.9. The number of nitrogens with one attached hydrogen (secondary N) is 2.